The van der Waals surface area contributed by atoms with E-state index >= 15 is 0 Å². The molecule has 1 fully saturated rings. The SMILES string of the molecule is CC1CN(CCC(N)=O)CC1C. The van der Waals surface area contributed by atoms with Crippen LogP contribution in [0.1, 0.15) is 20.3 Å². The summed E-state index contributed by atoms with van der Waals surface area (Å²) < 4.78 is 0. The van der Waals surface area contributed by atoms with Crippen LogP contribution in [-0.4, -0.2) is 30.4 Å². The Balaban J connectivity index is 2.23. The van der Waals surface area contributed by atoms with E-state index in [1.54, 1.807) is 0 Å². The smallest absolute Gasteiger partial charge is 0.218 e. The molecule has 70 valence electrons. The summed E-state index contributed by atoms with van der Waals surface area (Å²) in [5.41, 5.74) is 5.07. The van der Waals surface area contributed by atoms with Gasteiger partial charge in [0.1, 0.15) is 0 Å². The maximum atomic E-state index is 10.5. The van der Waals surface area contributed by atoms with Crippen LogP contribution in [0.15, 0.2) is 0 Å². The molecule has 0 bridgehead atoms. The van der Waals surface area contributed by atoms with Gasteiger partial charge >= 0.3 is 0 Å². The summed E-state index contributed by atoms with van der Waals surface area (Å²) in [6.07, 6.45) is 0.499. The van der Waals surface area contributed by atoms with E-state index in [0.717, 1.165) is 31.5 Å². The molecule has 0 aromatic carbocycles. The number of nitrogens with zero attached hydrogens (tertiary/aromatic N) is 1. The summed E-state index contributed by atoms with van der Waals surface area (Å²) in [4.78, 5) is 12.8. The van der Waals surface area contributed by atoms with Gasteiger partial charge in [-0.15, -0.1) is 0 Å². The summed E-state index contributed by atoms with van der Waals surface area (Å²) >= 11 is 0. The summed E-state index contributed by atoms with van der Waals surface area (Å²) in [7, 11) is 0. The van der Waals surface area contributed by atoms with Gasteiger partial charge in [-0.2, -0.15) is 0 Å². The van der Waals surface area contributed by atoms with E-state index in [9.17, 15) is 4.79 Å². The maximum Gasteiger partial charge on any atom is 0.218 e. The van der Waals surface area contributed by atoms with Crippen LogP contribution < -0.4 is 5.73 Å². The first-order valence-corrected chi connectivity index (χ1v) is 4.60. The molecule has 1 amide bonds. The fourth-order valence-electron chi connectivity index (χ4n) is 1.70. The Morgan fingerprint density at radius 1 is 1.42 bits per heavy atom. The molecular formula is C9H18N2O. The zero-order valence-corrected chi connectivity index (χ0v) is 7.92. The third-order valence-corrected chi connectivity index (χ3v) is 2.74. The van der Waals surface area contributed by atoms with Crippen molar-refractivity contribution >= 4 is 5.91 Å². The number of nitrogens with two attached hydrogens (primary N) is 1. The van der Waals surface area contributed by atoms with Crippen molar-refractivity contribution in [2.24, 2.45) is 17.6 Å². The van der Waals surface area contributed by atoms with E-state index in [1.807, 2.05) is 0 Å². The number of hydrogen-bond acceptors (Lipinski definition) is 2. The van der Waals surface area contributed by atoms with Gasteiger partial charge in [-0.25, -0.2) is 0 Å². The van der Waals surface area contributed by atoms with Gasteiger partial charge in [0.05, 0.1) is 0 Å². The Morgan fingerprint density at radius 3 is 2.33 bits per heavy atom. The van der Waals surface area contributed by atoms with Gasteiger partial charge in [-0.3, -0.25) is 4.79 Å². The molecule has 1 aliphatic heterocycles. The van der Waals surface area contributed by atoms with Crippen molar-refractivity contribution in [3.63, 3.8) is 0 Å². The number of hydrogen-bond donors (Lipinski definition) is 1. The Morgan fingerprint density at radius 2 is 1.92 bits per heavy atom. The lowest BCUT2D eigenvalue weighted by Gasteiger charge is -2.13. The first-order chi connectivity index (χ1) is 5.59. The molecule has 0 saturated carbocycles. The van der Waals surface area contributed by atoms with Crippen molar-refractivity contribution < 1.29 is 4.79 Å². The lowest BCUT2D eigenvalue weighted by molar-refractivity contribution is -0.118. The normalized spacial score (nSPS) is 30.8. The molecule has 0 aliphatic carbocycles. The van der Waals surface area contributed by atoms with Crippen molar-refractivity contribution in [1.29, 1.82) is 0 Å². The maximum absolute atomic E-state index is 10.5. The Labute approximate surface area is 73.9 Å². The van der Waals surface area contributed by atoms with Crippen molar-refractivity contribution in [3.05, 3.63) is 0 Å². The predicted octanol–water partition coefficient (Wildman–Crippen LogP) is 0.450. The molecule has 3 nitrogen and oxygen atoms in total. The highest BCUT2D eigenvalue weighted by Crippen LogP contribution is 2.21. The highest BCUT2D eigenvalue weighted by atomic mass is 16.1. The van der Waals surface area contributed by atoms with E-state index in [4.69, 9.17) is 5.73 Å². The van der Waals surface area contributed by atoms with Crippen molar-refractivity contribution in [2.75, 3.05) is 19.6 Å². The highest BCUT2D eigenvalue weighted by Gasteiger charge is 2.25. The summed E-state index contributed by atoms with van der Waals surface area (Å²) in [6, 6.07) is 0. The van der Waals surface area contributed by atoms with E-state index in [1.165, 1.54) is 0 Å². The Hall–Kier alpha value is -0.570. The van der Waals surface area contributed by atoms with Crippen molar-refractivity contribution in [3.8, 4) is 0 Å². The largest absolute Gasteiger partial charge is 0.370 e. The quantitative estimate of drug-likeness (QED) is 0.668. The molecule has 0 radical (unpaired) electrons. The van der Waals surface area contributed by atoms with E-state index in [-0.39, 0.29) is 5.91 Å². The second kappa shape index (κ2) is 3.90. The van der Waals surface area contributed by atoms with Crippen LogP contribution >= 0.6 is 0 Å². The van der Waals surface area contributed by atoms with Gasteiger partial charge in [0, 0.05) is 26.1 Å². The molecule has 2 N–H and O–H groups in total. The number of rotatable bonds is 3. The number of amides is 1. The second-order valence-corrected chi connectivity index (χ2v) is 3.93. The lowest BCUT2D eigenvalue weighted by atomic mass is 10.0. The summed E-state index contributed by atoms with van der Waals surface area (Å²) in [5, 5.41) is 0. The molecular weight excluding hydrogens is 152 g/mol. The van der Waals surface area contributed by atoms with Crippen LogP contribution in [0.2, 0.25) is 0 Å². The minimum atomic E-state index is -0.192. The topological polar surface area (TPSA) is 46.3 Å². The van der Waals surface area contributed by atoms with Crippen molar-refractivity contribution in [2.45, 2.75) is 20.3 Å². The molecule has 12 heavy (non-hydrogen) atoms. The zero-order valence-electron chi connectivity index (χ0n) is 7.92. The average molecular weight is 170 g/mol. The number of likely N-dealkylation sites (tertiary alicyclic amines) is 1. The summed E-state index contributed by atoms with van der Waals surface area (Å²) in [6.45, 7) is 7.59. The third kappa shape index (κ3) is 2.48. The molecule has 0 spiro atoms. The first kappa shape index (κ1) is 9.52. The average Bonchev–Trinajstić information content (AvgIpc) is 2.28. The van der Waals surface area contributed by atoms with Gasteiger partial charge in [0.2, 0.25) is 5.91 Å². The monoisotopic (exact) mass is 170 g/mol. The second-order valence-electron chi connectivity index (χ2n) is 3.93. The van der Waals surface area contributed by atoms with Gasteiger partial charge in [0.15, 0.2) is 0 Å². The van der Waals surface area contributed by atoms with E-state index < -0.39 is 0 Å². The molecule has 1 saturated heterocycles. The summed E-state index contributed by atoms with van der Waals surface area (Å²) in [5.74, 6) is 1.33. The third-order valence-electron chi connectivity index (χ3n) is 2.74. The van der Waals surface area contributed by atoms with E-state index in [0.29, 0.717) is 6.42 Å². The molecule has 1 heterocycles. The fraction of sp³-hybridized carbons (Fsp3) is 0.889. The van der Waals surface area contributed by atoms with Crippen LogP contribution in [0.3, 0.4) is 0 Å². The highest BCUT2D eigenvalue weighted by molar-refractivity contribution is 5.73. The molecule has 1 aliphatic rings. The first-order valence-electron chi connectivity index (χ1n) is 4.60. The van der Waals surface area contributed by atoms with Crippen LogP contribution in [0, 0.1) is 11.8 Å². The van der Waals surface area contributed by atoms with Gasteiger partial charge in [-0.05, 0) is 11.8 Å². The van der Waals surface area contributed by atoms with Gasteiger partial charge in [0.25, 0.3) is 0 Å². The van der Waals surface area contributed by atoms with Crippen LogP contribution in [0.25, 0.3) is 0 Å². The number of primary amides is 1. The number of carbonyl (C=O) groups is 1. The molecule has 0 aromatic heterocycles. The standard InChI is InChI=1S/C9H18N2O/c1-7-5-11(6-8(7)2)4-3-9(10)12/h7-8H,3-6H2,1-2H3,(H2,10,12). The molecule has 1 rings (SSSR count). The minimum absolute atomic E-state index is 0.192. The van der Waals surface area contributed by atoms with Gasteiger partial charge < -0.3 is 10.6 Å². The molecule has 0 aromatic rings. The predicted molar refractivity (Wildman–Crippen MR) is 48.6 cm³/mol. The fourth-order valence-corrected chi connectivity index (χ4v) is 1.70. The Kier molecular flexibility index (Phi) is 3.09. The zero-order chi connectivity index (χ0) is 9.14. The number of carbonyl (C=O) groups excluding carboxylic acids is 1. The molecule has 3 heteroatoms. The molecule has 2 unspecified atom stereocenters. The van der Waals surface area contributed by atoms with E-state index in [2.05, 4.69) is 18.7 Å². The van der Waals surface area contributed by atoms with Crippen LogP contribution in [0.5, 0.6) is 0 Å². The van der Waals surface area contributed by atoms with Crippen LogP contribution in [-0.2, 0) is 4.79 Å². The molecule has 2 atom stereocenters. The minimum Gasteiger partial charge on any atom is -0.370 e. The van der Waals surface area contributed by atoms with Crippen molar-refractivity contribution in [1.82, 2.24) is 4.90 Å². The Bertz CT molecular complexity index is 160. The van der Waals surface area contributed by atoms with Crippen LogP contribution in [0.4, 0.5) is 0 Å². The lowest BCUT2D eigenvalue weighted by Crippen LogP contribution is -2.26. The van der Waals surface area contributed by atoms with Gasteiger partial charge in [-0.1, -0.05) is 13.8 Å².